The number of nitriles is 2. The van der Waals surface area contributed by atoms with Crippen molar-refractivity contribution in [3.63, 3.8) is 0 Å². The van der Waals surface area contributed by atoms with E-state index in [1.807, 2.05) is 0 Å². The van der Waals surface area contributed by atoms with Crippen molar-refractivity contribution < 1.29 is 10.4 Å². The van der Waals surface area contributed by atoms with Crippen LogP contribution in [-0.2, 0) is 0 Å². The zero-order chi connectivity index (χ0) is 12.0. The van der Waals surface area contributed by atoms with Gasteiger partial charge < -0.3 is 10.4 Å². The predicted molar refractivity (Wildman–Crippen MR) is 54.3 cm³/mol. The fourth-order valence-electron chi connectivity index (χ4n) is 1.08. The molecule has 0 fully saturated rings. The van der Waals surface area contributed by atoms with Crippen LogP contribution in [0.4, 0.5) is 0 Å². The van der Waals surface area contributed by atoms with Crippen molar-refractivity contribution in [3.8, 4) is 12.1 Å². The molecule has 0 aliphatic carbocycles. The maximum atomic E-state index is 8.59. The normalized spacial score (nSPS) is 11.6. The van der Waals surface area contributed by atoms with E-state index in [4.69, 9.17) is 20.9 Å². The van der Waals surface area contributed by atoms with Gasteiger partial charge in [0.05, 0.1) is 0 Å². The SMILES string of the molecule is N#C/C(=N\O)c1ccc(/C(C#N)=N/O)cc1. The zero-order valence-electron chi connectivity index (χ0n) is 7.99. The highest BCUT2D eigenvalue weighted by molar-refractivity contribution is 6.13. The number of hydrogen-bond acceptors (Lipinski definition) is 6. The van der Waals surface area contributed by atoms with Gasteiger partial charge in [-0.2, -0.15) is 10.5 Å². The van der Waals surface area contributed by atoms with Crippen LogP contribution in [-0.4, -0.2) is 21.8 Å². The number of nitrogens with zero attached hydrogens (tertiary/aromatic N) is 4. The van der Waals surface area contributed by atoms with Gasteiger partial charge in [0.1, 0.15) is 12.1 Å². The monoisotopic (exact) mass is 214 g/mol. The minimum Gasteiger partial charge on any atom is -0.410 e. The van der Waals surface area contributed by atoms with Gasteiger partial charge in [0, 0.05) is 11.1 Å². The van der Waals surface area contributed by atoms with Gasteiger partial charge in [-0.1, -0.05) is 34.6 Å². The first-order valence-corrected chi connectivity index (χ1v) is 4.12. The molecule has 1 aromatic carbocycles. The molecule has 0 bridgehead atoms. The van der Waals surface area contributed by atoms with Crippen LogP contribution in [0.2, 0.25) is 0 Å². The van der Waals surface area contributed by atoms with Crippen molar-refractivity contribution in [3.05, 3.63) is 35.4 Å². The fraction of sp³-hybridized carbons (Fsp3) is 0. The molecule has 1 rings (SSSR count). The van der Waals surface area contributed by atoms with Crippen molar-refractivity contribution in [1.82, 2.24) is 0 Å². The second-order valence-electron chi connectivity index (χ2n) is 2.70. The lowest BCUT2D eigenvalue weighted by Gasteiger charge is -1.98. The van der Waals surface area contributed by atoms with E-state index in [9.17, 15) is 0 Å². The van der Waals surface area contributed by atoms with Crippen LogP contribution in [0.15, 0.2) is 34.6 Å². The van der Waals surface area contributed by atoms with Crippen molar-refractivity contribution in [2.24, 2.45) is 10.3 Å². The highest BCUT2D eigenvalue weighted by Crippen LogP contribution is 2.06. The third kappa shape index (κ3) is 2.14. The molecule has 0 saturated carbocycles. The Bertz CT molecular complexity index is 468. The van der Waals surface area contributed by atoms with Crippen molar-refractivity contribution in [2.75, 3.05) is 0 Å². The predicted octanol–water partition coefficient (Wildman–Crippen LogP) is 1.09. The molecule has 0 saturated heterocycles. The van der Waals surface area contributed by atoms with Gasteiger partial charge in [0.2, 0.25) is 0 Å². The second kappa shape index (κ2) is 5.13. The van der Waals surface area contributed by atoms with Crippen LogP contribution in [0.1, 0.15) is 11.1 Å². The Labute approximate surface area is 91.0 Å². The van der Waals surface area contributed by atoms with Crippen LogP contribution < -0.4 is 0 Å². The summed E-state index contributed by atoms with van der Waals surface area (Å²) in [7, 11) is 0. The Morgan fingerprint density at radius 1 is 0.875 bits per heavy atom. The highest BCUT2D eigenvalue weighted by Gasteiger charge is 2.06. The van der Waals surface area contributed by atoms with Gasteiger partial charge in [-0.25, -0.2) is 0 Å². The third-order valence-corrected chi connectivity index (χ3v) is 1.84. The average Bonchev–Trinajstić information content (AvgIpc) is 2.34. The minimum atomic E-state index is -0.133. The van der Waals surface area contributed by atoms with Crippen LogP contribution >= 0.6 is 0 Å². The first-order valence-electron chi connectivity index (χ1n) is 4.12. The highest BCUT2D eigenvalue weighted by atomic mass is 16.4. The molecule has 0 aliphatic rings. The summed E-state index contributed by atoms with van der Waals surface area (Å²) in [4.78, 5) is 0. The number of benzene rings is 1. The quantitative estimate of drug-likeness (QED) is 0.435. The van der Waals surface area contributed by atoms with E-state index >= 15 is 0 Å². The number of hydrogen-bond donors (Lipinski definition) is 2. The van der Waals surface area contributed by atoms with Gasteiger partial charge >= 0.3 is 0 Å². The molecule has 0 spiro atoms. The number of rotatable bonds is 2. The molecule has 0 radical (unpaired) electrons. The molecule has 0 aromatic heterocycles. The largest absolute Gasteiger partial charge is 0.410 e. The summed E-state index contributed by atoms with van der Waals surface area (Å²) < 4.78 is 0. The molecule has 0 aliphatic heterocycles. The van der Waals surface area contributed by atoms with Gasteiger partial charge in [-0.15, -0.1) is 0 Å². The molecule has 0 unspecified atom stereocenters. The molecular formula is C10H6N4O2. The Hall–Kier alpha value is -2.86. The standard InChI is InChI=1S/C10H6N4O2/c11-5-9(13-15)7-1-2-8(4-3-7)10(6-12)14-16/h1-4,15-16H/b13-9+,14-10+. The van der Waals surface area contributed by atoms with Gasteiger partial charge in [-0.3, -0.25) is 0 Å². The van der Waals surface area contributed by atoms with Crippen molar-refractivity contribution in [2.45, 2.75) is 0 Å². The van der Waals surface area contributed by atoms with Crippen LogP contribution in [0.25, 0.3) is 0 Å². The first-order chi connectivity index (χ1) is 7.76. The van der Waals surface area contributed by atoms with E-state index in [0.717, 1.165) is 0 Å². The second-order valence-corrected chi connectivity index (χ2v) is 2.70. The zero-order valence-corrected chi connectivity index (χ0v) is 7.99. The Morgan fingerprint density at radius 3 is 1.38 bits per heavy atom. The molecule has 2 N–H and O–H groups in total. The maximum Gasteiger partial charge on any atom is 0.186 e. The van der Waals surface area contributed by atoms with Crippen LogP contribution in [0.3, 0.4) is 0 Å². The summed E-state index contributed by atoms with van der Waals surface area (Å²) >= 11 is 0. The molecule has 6 heteroatoms. The molecule has 0 heterocycles. The average molecular weight is 214 g/mol. The summed E-state index contributed by atoms with van der Waals surface area (Å²) in [6, 6.07) is 9.33. The van der Waals surface area contributed by atoms with E-state index < -0.39 is 0 Å². The summed E-state index contributed by atoms with van der Waals surface area (Å²) in [5, 5.41) is 39.8. The Balaban J connectivity index is 3.12. The molecular weight excluding hydrogens is 208 g/mol. The van der Waals surface area contributed by atoms with E-state index in [1.54, 1.807) is 12.1 Å². The molecule has 78 valence electrons. The Kier molecular flexibility index (Phi) is 3.59. The van der Waals surface area contributed by atoms with E-state index in [-0.39, 0.29) is 11.4 Å². The molecule has 6 nitrogen and oxygen atoms in total. The summed E-state index contributed by atoms with van der Waals surface area (Å²) in [5.41, 5.74) is 0.546. The molecule has 16 heavy (non-hydrogen) atoms. The lowest BCUT2D eigenvalue weighted by Crippen LogP contribution is -2.00. The van der Waals surface area contributed by atoms with Gasteiger partial charge in [0.25, 0.3) is 0 Å². The molecule has 0 atom stereocenters. The van der Waals surface area contributed by atoms with E-state index in [0.29, 0.717) is 11.1 Å². The third-order valence-electron chi connectivity index (χ3n) is 1.84. The number of oxime groups is 2. The molecule has 1 aromatic rings. The smallest absolute Gasteiger partial charge is 0.186 e. The minimum absolute atomic E-state index is 0.133. The van der Waals surface area contributed by atoms with Gasteiger partial charge in [-0.05, 0) is 0 Å². The maximum absolute atomic E-state index is 8.59. The van der Waals surface area contributed by atoms with Crippen molar-refractivity contribution in [1.29, 1.82) is 10.5 Å². The summed E-state index contributed by atoms with van der Waals surface area (Å²) in [6.07, 6.45) is 0. The Morgan fingerprint density at radius 2 is 1.19 bits per heavy atom. The summed E-state index contributed by atoms with van der Waals surface area (Å²) in [6.45, 7) is 0. The fourth-order valence-corrected chi connectivity index (χ4v) is 1.08. The van der Waals surface area contributed by atoms with Crippen LogP contribution in [0.5, 0.6) is 0 Å². The first kappa shape index (κ1) is 11.2. The van der Waals surface area contributed by atoms with Crippen LogP contribution in [0, 0.1) is 22.7 Å². The van der Waals surface area contributed by atoms with Crippen molar-refractivity contribution >= 4 is 11.4 Å². The lowest BCUT2D eigenvalue weighted by molar-refractivity contribution is 0.319. The van der Waals surface area contributed by atoms with E-state index in [2.05, 4.69) is 10.3 Å². The van der Waals surface area contributed by atoms with Gasteiger partial charge in [0.15, 0.2) is 11.4 Å². The lowest BCUT2D eigenvalue weighted by atomic mass is 10.1. The molecule has 0 amide bonds. The topological polar surface area (TPSA) is 113 Å². The summed E-state index contributed by atoms with van der Waals surface area (Å²) in [5.74, 6) is 0. The van der Waals surface area contributed by atoms with E-state index in [1.165, 1.54) is 24.3 Å².